The lowest BCUT2D eigenvalue weighted by Gasteiger charge is -2.35. The SMILES string of the molecule is COc1ccc2[nH]c(CN3CCCCC3c3ccccn3)c(C)c2c1. The molecule has 1 aliphatic rings. The second-order valence-corrected chi connectivity index (χ2v) is 6.88. The molecule has 1 unspecified atom stereocenters. The number of rotatable bonds is 4. The fourth-order valence-corrected chi connectivity index (χ4v) is 3.94. The number of pyridine rings is 1. The summed E-state index contributed by atoms with van der Waals surface area (Å²) in [5.41, 5.74) is 4.99. The van der Waals surface area contributed by atoms with Crippen molar-refractivity contribution >= 4 is 10.9 Å². The number of likely N-dealkylation sites (tertiary alicyclic amines) is 1. The van der Waals surface area contributed by atoms with Crippen molar-refractivity contribution in [3.05, 3.63) is 59.5 Å². The van der Waals surface area contributed by atoms with E-state index in [1.165, 1.54) is 47.1 Å². The Labute approximate surface area is 148 Å². The third-order valence-electron chi connectivity index (χ3n) is 5.37. The summed E-state index contributed by atoms with van der Waals surface area (Å²) in [5.74, 6) is 0.908. The fraction of sp³-hybridized carbons (Fsp3) is 0.381. The highest BCUT2D eigenvalue weighted by molar-refractivity contribution is 5.85. The Bertz CT molecular complexity index is 856. The third kappa shape index (κ3) is 3.14. The summed E-state index contributed by atoms with van der Waals surface area (Å²) >= 11 is 0. The maximum Gasteiger partial charge on any atom is 0.119 e. The number of nitrogens with zero attached hydrogens (tertiary/aromatic N) is 2. The standard InChI is InChI=1S/C21H25N3O/c1-15-17-13-16(25-2)9-10-18(17)23-20(15)14-24-12-6-4-8-21(24)19-7-3-5-11-22-19/h3,5,7,9-11,13,21,23H,4,6,8,12,14H2,1-2H3. The molecule has 0 amide bonds. The Kier molecular flexibility index (Phi) is 4.45. The predicted octanol–water partition coefficient (Wildman–Crippen LogP) is 4.61. The van der Waals surface area contributed by atoms with Crippen molar-refractivity contribution in [2.24, 2.45) is 0 Å². The number of fused-ring (bicyclic) bond motifs is 1. The number of H-pyrrole nitrogens is 1. The molecule has 0 aliphatic carbocycles. The van der Waals surface area contributed by atoms with Crippen LogP contribution in [-0.4, -0.2) is 28.5 Å². The van der Waals surface area contributed by atoms with Gasteiger partial charge in [0.25, 0.3) is 0 Å². The Balaban J connectivity index is 1.64. The van der Waals surface area contributed by atoms with Crippen LogP contribution in [0.4, 0.5) is 0 Å². The van der Waals surface area contributed by atoms with Crippen LogP contribution in [0.25, 0.3) is 10.9 Å². The van der Waals surface area contributed by atoms with E-state index >= 15 is 0 Å². The zero-order valence-electron chi connectivity index (χ0n) is 15.0. The first-order valence-corrected chi connectivity index (χ1v) is 9.06. The molecule has 4 rings (SSSR count). The van der Waals surface area contributed by atoms with Gasteiger partial charge in [0.05, 0.1) is 18.8 Å². The van der Waals surface area contributed by atoms with E-state index in [-0.39, 0.29) is 0 Å². The molecule has 1 saturated heterocycles. The van der Waals surface area contributed by atoms with Gasteiger partial charge in [-0.05, 0) is 62.2 Å². The summed E-state index contributed by atoms with van der Waals surface area (Å²) < 4.78 is 5.38. The molecule has 3 aromatic rings. The smallest absolute Gasteiger partial charge is 0.119 e. The highest BCUT2D eigenvalue weighted by Gasteiger charge is 2.26. The van der Waals surface area contributed by atoms with Crippen molar-refractivity contribution in [1.82, 2.24) is 14.9 Å². The molecule has 25 heavy (non-hydrogen) atoms. The van der Waals surface area contributed by atoms with E-state index in [0.29, 0.717) is 6.04 Å². The first kappa shape index (κ1) is 16.2. The van der Waals surface area contributed by atoms with Crippen LogP contribution in [0.2, 0.25) is 0 Å². The number of aryl methyl sites for hydroxylation is 1. The molecule has 0 spiro atoms. The Morgan fingerprint density at radius 3 is 2.96 bits per heavy atom. The zero-order valence-corrected chi connectivity index (χ0v) is 15.0. The van der Waals surface area contributed by atoms with Gasteiger partial charge in [0.2, 0.25) is 0 Å². The molecule has 1 aliphatic heterocycles. The molecule has 1 atom stereocenters. The normalized spacial score (nSPS) is 18.6. The quantitative estimate of drug-likeness (QED) is 0.757. The molecule has 3 heterocycles. The monoisotopic (exact) mass is 335 g/mol. The van der Waals surface area contributed by atoms with E-state index in [0.717, 1.165) is 18.8 Å². The van der Waals surface area contributed by atoms with E-state index in [2.05, 4.69) is 46.1 Å². The van der Waals surface area contributed by atoms with Crippen molar-refractivity contribution in [3.63, 3.8) is 0 Å². The number of piperidine rings is 1. The number of aromatic nitrogens is 2. The summed E-state index contributed by atoms with van der Waals surface area (Å²) in [7, 11) is 1.72. The molecular formula is C21H25N3O. The van der Waals surface area contributed by atoms with Gasteiger partial charge < -0.3 is 9.72 Å². The van der Waals surface area contributed by atoms with E-state index in [1.807, 2.05) is 18.3 Å². The molecule has 1 aromatic carbocycles. The summed E-state index contributed by atoms with van der Waals surface area (Å²) in [6.07, 6.45) is 5.63. The Hall–Kier alpha value is -2.33. The van der Waals surface area contributed by atoms with Crippen molar-refractivity contribution in [2.75, 3.05) is 13.7 Å². The molecule has 1 fully saturated rings. The lowest BCUT2D eigenvalue weighted by Crippen LogP contribution is -2.33. The molecular weight excluding hydrogens is 310 g/mol. The number of ether oxygens (including phenoxy) is 1. The summed E-state index contributed by atoms with van der Waals surface area (Å²) in [6, 6.07) is 12.9. The summed E-state index contributed by atoms with van der Waals surface area (Å²) in [4.78, 5) is 10.8. The Morgan fingerprint density at radius 2 is 2.16 bits per heavy atom. The summed E-state index contributed by atoms with van der Waals surface area (Å²) in [6.45, 7) is 4.26. The minimum Gasteiger partial charge on any atom is -0.497 e. The van der Waals surface area contributed by atoms with E-state index in [1.54, 1.807) is 7.11 Å². The van der Waals surface area contributed by atoms with E-state index in [9.17, 15) is 0 Å². The van der Waals surface area contributed by atoms with Gasteiger partial charge >= 0.3 is 0 Å². The fourth-order valence-electron chi connectivity index (χ4n) is 3.94. The highest BCUT2D eigenvalue weighted by atomic mass is 16.5. The van der Waals surface area contributed by atoms with Crippen LogP contribution in [0.5, 0.6) is 5.75 Å². The average molecular weight is 335 g/mol. The van der Waals surface area contributed by atoms with Crippen molar-refractivity contribution in [2.45, 2.75) is 38.8 Å². The first-order valence-electron chi connectivity index (χ1n) is 9.06. The average Bonchev–Trinajstić information content (AvgIpc) is 2.98. The minimum atomic E-state index is 0.412. The largest absolute Gasteiger partial charge is 0.497 e. The van der Waals surface area contributed by atoms with Crippen LogP contribution < -0.4 is 4.74 Å². The number of benzene rings is 1. The molecule has 4 nitrogen and oxygen atoms in total. The van der Waals surface area contributed by atoms with Gasteiger partial charge in [0.15, 0.2) is 0 Å². The van der Waals surface area contributed by atoms with Crippen LogP contribution in [0.3, 0.4) is 0 Å². The van der Waals surface area contributed by atoms with Crippen LogP contribution in [-0.2, 0) is 6.54 Å². The number of methoxy groups -OCH3 is 1. The van der Waals surface area contributed by atoms with Gasteiger partial charge in [0, 0.05) is 29.3 Å². The molecule has 0 bridgehead atoms. The van der Waals surface area contributed by atoms with Gasteiger partial charge in [-0.15, -0.1) is 0 Å². The van der Waals surface area contributed by atoms with Crippen molar-refractivity contribution < 1.29 is 4.74 Å². The minimum absolute atomic E-state index is 0.412. The number of aromatic amines is 1. The topological polar surface area (TPSA) is 41.1 Å². The third-order valence-corrected chi connectivity index (χ3v) is 5.37. The molecule has 4 heteroatoms. The van der Waals surface area contributed by atoms with Crippen LogP contribution in [0, 0.1) is 6.92 Å². The van der Waals surface area contributed by atoms with Gasteiger partial charge in [-0.2, -0.15) is 0 Å². The molecule has 2 aromatic heterocycles. The van der Waals surface area contributed by atoms with Gasteiger partial charge in [0.1, 0.15) is 5.75 Å². The predicted molar refractivity (Wildman–Crippen MR) is 101 cm³/mol. The zero-order chi connectivity index (χ0) is 17.2. The maximum atomic E-state index is 5.38. The molecule has 0 saturated carbocycles. The van der Waals surface area contributed by atoms with Gasteiger partial charge in [-0.25, -0.2) is 0 Å². The van der Waals surface area contributed by atoms with Gasteiger partial charge in [-0.1, -0.05) is 12.5 Å². The number of hydrogen-bond donors (Lipinski definition) is 1. The van der Waals surface area contributed by atoms with Crippen LogP contribution in [0.1, 0.15) is 42.3 Å². The molecule has 130 valence electrons. The van der Waals surface area contributed by atoms with Gasteiger partial charge in [-0.3, -0.25) is 9.88 Å². The first-order chi connectivity index (χ1) is 12.3. The maximum absolute atomic E-state index is 5.38. The lowest BCUT2D eigenvalue weighted by molar-refractivity contribution is 0.135. The lowest BCUT2D eigenvalue weighted by atomic mass is 9.98. The second-order valence-electron chi connectivity index (χ2n) is 6.88. The molecule has 1 N–H and O–H groups in total. The van der Waals surface area contributed by atoms with E-state index in [4.69, 9.17) is 4.74 Å². The van der Waals surface area contributed by atoms with Crippen molar-refractivity contribution in [3.8, 4) is 5.75 Å². The highest BCUT2D eigenvalue weighted by Crippen LogP contribution is 2.33. The van der Waals surface area contributed by atoms with E-state index < -0.39 is 0 Å². The number of nitrogens with one attached hydrogen (secondary N) is 1. The molecule has 0 radical (unpaired) electrons. The Morgan fingerprint density at radius 1 is 1.24 bits per heavy atom. The van der Waals surface area contributed by atoms with Crippen LogP contribution in [0.15, 0.2) is 42.6 Å². The summed E-state index contributed by atoms with van der Waals surface area (Å²) in [5, 5.41) is 1.25. The van der Waals surface area contributed by atoms with Crippen molar-refractivity contribution in [1.29, 1.82) is 0 Å². The number of hydrogen-bond acceptors (Lipinski definition) is 3. The second kappa shape index (κ2) is 6.89. The van der Waals surface area contributed by atoms with Crippen LogP contribution >= 0.6 is 0 Å².